The average molecular weight is 287 g/mol. The second kappa shape index (κ2) is 5.98. The first-order chi connectivity index (χ1) is 8.80. The standard InChI is InChI=1S/C11H17N3O4S/c1-4-7-12-9-5-6-11(10(8-9)14(15)16)19(17,18)13(2)3/h5-6,8,12H,4,7H2,1-3H3. The van der Waals surface area contributed by atoms with Crippen LogP contribution in [0.15, 0.2) is 23.1 Å². The molecular formula is C11H17N3O4S. The van der Waals surface area contributed by atoms with Gasteiger partial charge in [0.05, 0.1) is 4.92 Å². The molecule has 0 heterocycles. The van der Waals surface area contributed by atoms with Gasteiger partial charge in [0.1, 0.15) is 0 Å². The van der Waals surface area contributed by atoms with Crippen LogP contribution in [0.25, 0.3) is 0 Å². The topological polar surface area (TPSA) is 92.6 Å². The summed E-state index contributed by atoms with van der Waals surface area (Å²) in [6, 6.07) is 4.02. The predicted octanol–water partition coefficient (Wildman–Crippen LogP) is 1.67. The van der Waals surface area contributed by atoms with E-state index in [1.807, 2.05) is 6.92 Å². The zero-order valence-electron chi connectivity index (χ0n) is 11.1. The molecule has 1 N–H and O–H groups in total. The van der Waals surface area contributed by atoms with E-state index in [4.69, 9.17) is 0 Å². The van der Waals surface area contributed by atoms with Crippen molar-refractivity contribution >= 4 is 21.4 Å². The number of nitrogens with zero attached hydrogens (tertiary/aromatic N) is 2. The summed E-state index contributed by atoms with van der Waals surface area (Å²) in [5.41, 5.74) is 0.112. The van der Waals surface area contributed by atoms with Crippen LogP contribution in [0.1, 0.15) is 13.3 Å². The lowest BCUT2D eigenvalue weighted by molar-refractivity contribution is -0.387. The first-order valence-corrected chi connectivity index (χ1v) is 7.19. The molecule has 0 amide bonds. The number of nitro benzene ring substituents is 1. The lowest BCUT2D eigenvalue weighted by Gasteiger charge is -2.12. The quantitative estimate of drug-likeness (QED) is 0.634. The molecular weight excluding hydrogens is 270 g/mol. The highest BCUT2D eigenvalue weighted by Crippen LogP contribution is 2.28. The molecule has 0 atom stereocenters. The summed E-state index contributed by atoms with van der Waals surface area (Å²) in [6.45, 7) is 2.63. The number of nitro groups is 1. The number of benzene rings is 1. The van der Waals surface area contributed by atoms with Crippen LogP contribution in [0, 0.1) is 10.1 Å². The fourth-order valence-corrected chi connectivity index (χ4v) is 2.49. The van der Waals surface area contributed by atoms with E-state index in [1.165, 1.54) is 32.3 Å². The molecule has 19 heavy (non-hydrogen) atoms. The van der Waals surface area contributed by atoms with Crippen molar-refractivity contribution in [3.8, 4) is 0 Å². The monoisotopic (exact) mass is 287 g/mol. The van der Waals surface area contributed by atoms with E-state index in [0.717, 1.165) is 10.7 Å². The third kappa shape index (κ3) is 3.42. The Kier molecular flexibility index (Phi) is 4.84. The van der Waals surface area contributed by atoms with Crippen LogP contribution in [-0.2, 0) is 10.0 Å². The van der Waals surface area contributed by atoms with Gasteiger partial charge < -0.3 is 5.32 Å². The van der Waals surface area contributed by atoms with Gasteiger partial charge in [-0.1, -0.05) is 6.92 Å². The molecule has 7 nitrogen and oxygen atoms in total. The highest BCUT2D eigenvalue weighted by molar-refractivity contribution is 7.89. The Balaban J connectivity index is 3.31. The van der Waals surface area contributed by atoms with E-state index in [0.29, 0.717) is 12.2 Å². The Hall–Kier alpha value is -1.67. The normalized spacial score (nSPS) is 11.6. The predicted molar refractivity (Wildman–Crippen MR) is 72.7 cm³/mol. The molecule has 0 aliphatic carbocycles. The smallest absolute Gasteiger partial charge is 0.291 e. The van der Waals surface area contributed by atoms with Gasteiger partial charge in [0.15, 0.2) is 4.90 Å². The average Bonchev–Trinajstić information content (AvgIpc) is 2.35. The first-order valence-electron chi connectivity index (χ1n) is 5.75. The Labute approximate surface area is 112 Å². The van der Waals surface area contributed by atoms with Crippen LogP contribution >= 0.6 is 0 Å². The van der Waals surface area contributed by atoms with E-state index in [2.05, 4.69) is 5.32 Å². The second-order valence-corrected chi connectivity index (χ2v) is 6.27. The van der Waals surface area contributed by atoms with E-state index in [1.54, 1.807) is 0 Å². The molecule has 0 unspecified atom stereocenters. The van der Waals surface area contributed by atoms with Gasteiger partial charge in [-0.05, 0) is 18.6 Å². The summed E-state index contributed by atoms with van der Waals surface area (Å²) in [4.78, 5) is 10.0. The van der Waals surface area contributed by atoms with Crippen molar-refractivity contribution in [2.45, 2.75) is 18.2 Å². The van der Waals surface area contributed by atoms with Crippen LogP contribution in [0.2, 0.25) is 0 Å². The molecule has 1 rings (SSSR count). The van der Waals surface area contributed by atoms with Gasteiger partial charge >= 0.3 is 0 Å². The maximum Gasteiger partial charge on any atom is 0.291 e. The van der Waals surface area contributed by atoms with Gasteiger partial charge in [0.2, 0.25) is 10.0 Å². The SMILES string of the molecule is CCCNc1ccc(S(=O)(=O)N(C)C)c([N+](=O)[O-])c1. The van der Waals surface area contributed by atoms with Gasteiger partial charge in [-0.25, -0.2) is 12.7 Å². The summed E-state index contributed by atoms with van der Waals surface area (Å²) in [5.74, 6) is 0. The highest BCUT2D eigenvalue weighted by atomic mass is 32.2. The molecule has 0 bridgehead atoms. The lowest BCUT2D eigenvalue weighted by Crippen LogP contribution is -2.23. The van der Waals surface area contributed by atoms with Gasteiger partial charge in [-0.2, -0.15) is 0 Å². The maximum atomic E-state index is 12.0. The Morgan fingerprint density at radius 1 is 1.37 bits per heavy atom. The molecule has 0 saturated carbocycles. The second-order valence-electron chi connectivity index (χ2n) is 4.15. The Morgan fingerprint density at radius 2 is 2.00 bits per heavy atom. The molecule has 0 spiro atoms. The van der Waals surface area contributed by atoms with Crippen LogP contribution in [-0.4, -0.2) is 38.3 Å². The minimum Gasteiger partial charge on any atom is -0.385 e. The molecule has 0 aliphatic rings. The highest BCUT2D eigenvalue weighted by Gasteiger charge is 2.27. The molecule has 0 aromatic heterocycles. The molecule has 8 heteroatoms. The molecule has 0 aliphatic heterocycles. The lowest BCUT2D eigenvalue weighted by atomic mass is 10.2. The number of sulfonamides is 1. The van der Waals surface area contributed by atoms with Crippen molar-refractivity contribution in [3.05, 3.63) is 28.3 Å². The van der Waals surface area contributed by atoms with Crippen molar-refractivity contribution in [1.29, 1.82) is 0 Å². The summed E-state index contributed by atoms with van der Waals surface area (Å²) < 4.78 is 24.9. The zero-order chi connectivity index (χ0) is 14.6. The van der Waals surface area contributed by atoms with E-state index in [9.17, 15) is 18.5 Å². The fraction of sp³-hybridized carbons (Fsp3) is 0.455. The van der Waals surface area contributed by atoms with Gasteiger partial charge in [0.25, 0.3) is 5.69 Å². The summed E-state index contributed by atoms with van der Waals surface area (Å²) in [5, 5.41) is 14.0. The van der Waals surface area contributed by atoms with Crippen LogP contribution in [0.3, 0.4) is 0 Å². The third-order valence-electron chi connectivity index (χ3n) is 2.49. The summed E-state index contributed by atoms with van der Waals surface area (Å²) in [7, 11) is -1.15. The minimum absolute atomic E-state index is 0.301. The Morgan fingerprint density at radius 3 is 2.47 bits per heavy atom. The zero-order valence-corrected chi connectivity index (χ0v) is 11.9. The first kappa shape index (κ1) is 15.4. The van der Waals surface area contributed by atoms with Crippen LogP contribution < -0.4 is 5.32 Å². The van der Waals surface area contributed by atoms with Crippen molar-refractivity contribution in [3.63, 3.8) is 0 Å². The molecule has 1 aromatic rings. The number of hydrogen-bond acceptors (Lipinski definition) is 5. The van der Waals surface area contributed by atoms with E-state index in [-0.39, 0.29) is 4.90 Å². The van der Waals surface area contributed by atoms with Crippen LogP contribution in [0.4, 0.5) is 11.4 Å². The van der Waals surface area contributed by atoms with Gasteiger partial charge in [-0.15, -0.1) is 0 Å². The van der Waals surface area contributed by atoms with Crippen molar-refractivity contribution in [1.82, 2.24) is 4.31 Å². The molecule has 106 valence electrons. The van der Waals surface area contributed by atoms with Gasteiger partial charge in [-0.3, -0.25) is 10.1 Å². The number of anilines is 1. The van der Waals surface area contributed by atoms with Crippen molar-refractivity contribution in [2.75, 3.05) is 26.0 Å². The fourth-order valence-electron chi connectivity index (χ4n) is 1.45. The number of hydrogen-bond donors (Lipinski definition) is 1. The van der Waals surface area contributed by atoms with E-state index >= 15 is 0 Å². The Bertz CT molecular complexity index is 569. The number of rotatable bonds is 6. The third-order valence-corrected chi connectivity index (χ3v) is 4.36. The van der Waals surface area contributed by atoms with E-state index < -0.39 is 20.6 Å². The summed E-state index contributed by atoms with van der Waals surface area (Å²) in [6.07, 6.45) is 0.867. The maximum absolute atomic E-state index is 12.0. The van der Waals surface area contributed by atoms with Gasteiger partial charge in [0, 0.05) is 32.4 Å². The largest absolute Gasteiger partial charge is 0.385 e. The minimum atomic E-state index is -3.83. The van der Waals surface area contributed by atoms with Crippen LogP contribution in [0.5, 0.6) is 0 Å². The number of nitrogens with one attached hydrogen (secondary N) is 1. The molecule has 0 saturated heterocycles. The van der Waals surface area contributed by atoms with Crippen molar-refractivity contribution < 1.29 is 13.3 Å². The molecule has 0 fully saturated rings. The summed E-state index contributed by atoms with van der Waals surface area (Å²) >= 11 is 0. The molecule has 1 aromatic carbocycles. The molecule has 0 radical (unpaired) electrons. The van der Waals surface area contributed by atoms with Crippen molar-refractivity contribution in [2.24, 2.45) is 0 Å².